The van der Waals surface area contributed by atoms with Crippen LogP contribution in [-0.2, 0) is 11.2 Å². The first-order valence-corrected chi connectivity index (χ1v) is 11.3. The molecule has 0 aromatic heterocycles. The van der Waals surface area contributed by atoms with Crippen molar-refractivity contribution in [3.63, 3.8) is 0 Å². The Morgan fingerprint density at radius 1 is 0.694 bits per heavy atom. The van der Waals surface area contributed by atoms with E-state index in [0.29, 0.717) is 16.8 Å². The predicted octanol–water partition coefficient (Wildman–Crippen LogP) is 5.99. The smallest absolute Gasteiger partial charge is 0.337 e. The molecule has 6 nitrogen and oxygen atoms in total. The largest absolute Gasteiger partial charge is 0.478 e. The molecule has 0 heterocycles. The molecule has 4 rings (SSSR count). The molecule has 6 heteroatoms. The lowest BCUT2D eigenvalue weighted by Gasteiger charge is -2.10. The molecular weight excluding hydrogens is 452 g/mol. The number of hydrogen-bond acceptors (Lipinski definition) is 3. The molecule has 0 spiro atoms. The second-order valence-corrected chi connectivity index (χ2v) is 8.10. The Balaban J connectivity index is 1.41. The molecule has 3 N–H and O–H groups in total. The van der Waals surface area contributed by atoms with Crippen molar-refractivity contribution in [1.82, 2.24) is 0 Å². The summed E-state index contributed by atoms with van der Waals surface area (Å²) in [6.45, 7) is 0. The number of carbonyl (C=O) groups excluding carboxylic acids is 2. The Labute approximate surface area is 208 Å². The fourth-order valence-electron chi connectivity index (χ4n) is 3.59. The number of aromatic carboxylic acids is 1. The van der Waals surface area contributed by atoms with Gasteiger partial charge in [0.2, 0.25) is 5.91 Å². The summed E-state index contributed by atoms with van der Waals surface area (Å²) in [6.07, 6.45) is 3.95. The van der Waals surface area contributed by atoms with Crippen LogP contribution in [0.3, 0.4) is 0 Å². The van der Waals surface area contributed by atoms with Crippen LogP contribution in [0.1, 0.15) is 37.4 Å². The zero-order chi connectivity index (χ0) is 25.3. The van der Waals surface area contributed by atoms with E-state index in [1.165, 1.54) is 6.07 Å². The number of nitrogens with one attached hydrogen (secondary N) is 2. The van der Waals surface area contributed by atoms with Gasteiger partial charge in [-0.05, 0) is 53.1 Å². The molecule has 4 aromatic carbocycles. The molecule has 4 aromatic rings. The van der Waals surface area contributed by atoms with E-state index in [1.54, 1.807) is 36.4 Å². The highest BCUT2D eigenvalue weighted by Crippen LogP contribution is 2.21. The molecule has 36 heavy (non-hydrogen) atoms. The van der Waals surface area contributed by atoms with Crippen molar-refractivity contribution in [1.29, 1.82) is 0 Å². The van der Waals surface area contributed by atoms with Gasteiger partial charge in [-0.2, -0.15) is 0 Å². The third-order valence-corrected chi connectivity index (χ3v) is 5.43. The minimum atomic E-state index is -1.14. The van der Waals surface area contributed by atoms with Crippen LogP contribution >= 0.6 is 0 Å². The number of anilines is 2. The van der Waals surface area contributed by atoms with Crippen LogP contribution < -0.4 is 10.6 Å². The zero-order valence-corrected chi connectivity index (χ0v) is 19.3. The average Bonchev–Trinajstić information content (AvgIpc) is 2.89. The summed E-state index contributed by atoms with van der Waals surface area (Å²) in [7, 11) is 0. The highest BCUT2D eigenvalue weighted by Gasteiger charge is 2.14. The van der Waals surface area contributed by atoms with Gasteiger partial charge in [-0.1, -0.05) is 78.9 Å². The minimum absolute atomic E-state index is 0.0108. The van der Waals surface area contributed by atoms with E-state index in [4.69, 9.17) is 0 Å². The van der Waals surface area contributed by atoms with Crippen LogP contribution in [0.2, 0.25) is 0 Å². The first kappa shape index (κ1) is 24.2. The molecule has 0 bridgehead atoms. The van der Waals surface area contributed by atoms with Gasteiger partial charge in [-0.15, -0.1) is 0 Å². The molecule has 178 valence electrons. The molecule has 0 unspecified atom stereocenters. The molecule has 0 aliphatic rings. The van der Waals surface area contributed by atoms with E-state index in [2.05, 4.69) is 10.6 Å². The van der Waals surface area contributed by atoms with Crippen LogP contribution in [-0.4, -0.2) is 22.9 Å². The molecule has 0 saturated heterocycles. The van der Waals surface area contributed by atoms with Crippen molar-refractivity contribution in [2.24, 2.45) is 0 Å². The molecule has 2 amide bonds. The first-order chi connectivity index (χ1) is 17.5. The van der Waals surface area contributed by atoms with Crippen LogP contribution in [0.25, 0.3) is 12.2 Å². The fraction of sp³-hybridized carbons (Fsp3) is 0.0333. The van der Waals surface area contributed by atoms with Gasteiger partial charge in [0.25, 0.3) is 5.91 Å². The van der Waals surface area contributed by atoms with Crippen LogP contribution in [0.4, 0.5) is 11.4 Å². The van der Waals surface area contributed by atoms with Crippen molar-refractivity contribution in [2.45, 2.75) is 6.42 Å². The standard InChI is InChI=1S/C30H24N2O4/c33-28(20-22-9-5-2-6-10-22)31-25-16-14-24(15-17-25)29(34)32-27-18-13-23(19-26(27)30(35)36)12-11-21-7-3-1-4-8-21/h1-19H,20H2,(H,31,33)(H,32,34)(H,35,36)/b12-11+. The van der Waals surface area contributed by atoms with Gasteiger partial charge in [0.15, 0.2) is 0 Å². The quantitative estimate of drug-likeness (QED) is 0.272. The number of carboxylic acids is 1. The molecule has 0 radical (unpaired) electrons. The van der Waals surface area contributed by atoms with E-state index in [-0.39, 0.29) is 23.6 Å². The van der Waals surface area contributed by atoms with Crippen LogP contribution in [0, 0.1) is 0 Å². The number of amides is 2. The number of carboxylic acid groups (broad SMARTS) is 1. The Morgan fingerprint density at radius 2 is 1.33 bits per heavy atom. The Kier molecular flexibility index (Phi) is 7.68. The van der Waals surface area contributed by atoms with Gasteiger partial charge in [0, 0.05) is 11.3 Å². The zero-order valence-electron chi connectivity index (χ0n) is 19.3. The number of benzene rings is 4. The SMILES string of the molecule is O=C(Cc1ccccc1)Nc1ccc(C(=O)Nc2ccc(/C=C/c3ccccc3)cc2C(=O)O)cc1. The van der Waals surface area contributed by atoms with Gasteiger partial charge in [0.1, 0.15) is 0 Å². The van der Waals surface area contributed by atoms with Crippen LogP contribution in [0.15, 0.2) is 103 Å². The Morgan fingerprint density at radius 3 is 2.00 bits per heavy atom. The predicted molar refractivity (Wildman–Crippen MR) is 142 cm³/mol. The number of hydrogen-bond donors (Lipinski definition) is 3. The molecule has 0 atom stereocenters. The fourth-order valence-corrected chi connectivity index (χ4v) is 3.59. The van der Waals surface area contributed by atoms with E-state index in [0.717, 1.165) is 11.1 Å². The second kappa shape index (κ2) is 11.4. The first-order valence-electron chi connectivity index (χ1n) is 11.3. The summed E-state index contributed by atoms with van der Waals surface area (Å²) in [4.78, 5) is 36.8. The highest BCUT2D eigenvalue weighted by atomic mass is 16.4. The van der Waals surface area contributed by atoms with Crippen molar-refractivity contribution in [3.05, 3.63) is 131 Å². The summed E-state index contributed by atoms with van der Waals surface area (Å²) >= 11 is 0. The Bertz CT molecular complexity index is 1400. The topological polar surface area (TPSA) is 95.5 Å². The van der Waals surface area contributed by atoms with Gasteiger partial charge in [0.05, 0.1) is 17.7 Å². The second-order valence-electron chi connectivity index (χ2n) is 8.10. The molecule has 0 aliphatic carbocycles. The van der Waals surface area contributed by atoms with Crippen molar-refractivity contribution in [2.75, 3.05) is 10.6 Å². The maximum Gasteiger partial charge on any atom is 0.337 e. The Hall–Kier alpha value is -4.97. The van der Waals surface area contributed by atoms with Crippen molar-refractivity contribution >= 4 is 41.3 Å². The van der Waals surface area contributed by atoms with E-state index in [9.17, 15) is 19.5 Å². The van der Waals surface area contributed by atoms with E-state index < -0.39 is 11.9 Å². The van der Waals surface area contributed by atoms with E-state index in [1.807, 2.05) is 72.8 Å². The number of carbonyl (C=O) groups is 3. The van der Waals surface area contributed by atoms with E-state index >= 15 is 0 Å². The molecule has 0 saturated carbocycles. The van der Waals surface area contributed by atoms with Crippen molar-refractivity contribution < 1.29 is 19.5 Å². The summed E-state index contributed by atoms with van der Waals surface area (Å²) in [5.74, 6) is -1.75. The lowest BCUT2D eigenvalue weighted by molar-refractivity contribution is -0.115. The van der Waals surface area contributed by atoms with Gasteiger partial charge >= 0.3 is 5.97 Å². The third kappa shape index (κ3) is 6.55. The minimum Gasteiger partial charge on any atom is -0.478 e. The number of rotatable bonds is 8. The molecule has 0 aliphatic heterocycles. The normalized spacial score (nSPS) is 10.7. The maximum atomic E-state index is 12.8. The van der Waals surface area contributed by atoms with Gasteiger partial charge in [-0.25, -0.2) is 4.79 Å². The highest BCUT2D eigenvalue weighted by molar-refractivity contribution is 6.08. The lowest BCUT2D eigenvalue weighted by Crippen LogP contribution is -2.16. The third-order valence-electron chi connectivity index (χ3n) is 5.43. The lowest BCUT2D eigenvalue weighted by atomic mass is 10.1. The monoisotopic (exact) mass is 476 g/mol. The molecular formula is C30H24N2O4. The molecule has 0 fully saturated rings. The van der Waals surface area contributed by atoms with Gasteiger partial charge < -0.3 is 15.7 Å². The summed E-state index contributed by atoms with van der Waals surface area (Å²) in [5, 5.41) is 15.1. The summed E-state index contributed by atoms with van der Waals surface area (Å²) < 4.78 is 0. The summed E-state index contributed by atoms with van der Waals surface area (Å²) in [5.41, 5.74) is 3.68. The van der Waals surface area contributed by atoms with Crippen LogP contribution in [0.5, 0.6) is 0 Å². The summed E-state index contributed by atoms with van der Waals surface area (Å²) in [6, 6.07) is 30.3. The van der Waals surface area contributed by atoms with Gasteiger partial charge in [-0.3, -0.25) is 9.59 Å². The van der Waals surface area contributed by atoms with Crippen molar-refractivity contribution in [3.8, 4) is 0 Å². The maximum absolute atomic E-state index is 12.8. The average molecular weight is 477 g/mol.